The van der Waals surface area contributed by atoms with Gasteiger partial charge in [-0.25, -0.2) is 9.59 Å². The first-order chi connectivity index (χ1) is 9.15. The Labute approximate surface area is 112 Å². The van der Waals surface area contributed by atoms with Crippen LogP contribution in [0.5, 0.6) is 0 Å². The van der Waals surface area contributed by atoms with Crippen LogP contribution in [0.4, 0.5) is 4.79 Å². The van der Waals surface area contributed by atoms with Crippen molar-refractivity contribution in [1.29, 1.82) is 0 Å². The van der Waals surface area contributed by atoms with Crippen LogP contribution in [0, 0.1) is 0 Å². The summed E-state index contributed by atoms with van der Waals surface area (Å²) in [4.78, 5) is 22.4. The molecule has 0 radical (unpaired) electrons. The molecule has 1 fully saturated rings. The molecule has 1 heterocycles. The van der Waals surface area contributed by atoms with Gasteiger partial charge in [-0.2, -0.15) is 0 Å². The number of hydrogen-bond donors (Lipinski definition) is 3. The van der Waals surface area contributed by atoms with Gasteiger partial charge in [-0.15, -0.1) is 0 Å². The molecule has 2 amide bonds. The van der Waals surface area contributed by atoms with Gasteiger partial charge < -0.3 is 20.5 Å². The van der Waals surface area contributed by atoms with Gasteiger partial charge >= 0.3 is 12.0 Å². The van der Waals surface area contributed by atoms with E-state index in [9.17, 15) is 9.59 Å². The molecule has 2 aliphatic rings. The van der Waals surface area contributed by atoms with Crippen molar-refractivity contribution in [2.24, 2.45) is 0 Å². The third kappa shape index (κ3) is 4.24. The standard InChI is InChI=1S/C13H20N2O4/c16-12(17)11-7-6-10(19-11)8-14-13(18)15-9-4-2-1-3-5-9/h1-2,9-11H,3-8H2,(H,16,17)(H2,14,15,18). The van der Waals surface area contributed by atoms with Gasteiger partial charge in [0.15, 0.2) is 6.10 Å². The summed E-state index contributed by atoms with van der Waals surface area (Å²) < 4.78 is 5.31. The quantitative estimate of drug-likeness (QED) is 0.664. The minimum absolute atomic E-state index is 0.196. The summed E-state index contributed by atoms with van der Waals surface area (Å²) in [5.41, 5.74) is 0. The maximum absolute atomic E-state index is 11.7. The highest BCUT2D eigenvalue weighted by atomic mass is 16.5. The van der Waals surface area contributed by atoms with Crippen LogP contribution in [-0.2, 0) is 9.53 Å². The molecule has 6 nitrogen and oxygen atoms in total. The average Bonchev–Trinajstić information content (AvgIpc) is 2.86. The van der Waals surface area contributed by atoms with Crippen molar-refractivity contribution in [2.45, 2.75) is 50.4 Å². The Hall–Kier alpha value is -1.56. The van der Waals surface area contributed by atoms with E-state index in [0.29, 0.717) is 19.4 Å². The number of nitrogens with one attached hydrogen (secondary N) is 2. The molecule has 106 valence electrons. The highest BCUT2D eigenvalue weighted by molar-refractivity contribution is 5.74. The zero-order chi connectivity index (χ0) is 13.7. The van der Waals surface area contributed by atoms with Gasteiger partial charge in [-0.1, -0.05) is 12.2 Å². The first kappa shape index (κ1) is 13.9. The van der Waals surface area contributed by atoms with Crippen LogP contribution in [0.2, 0.25) is 0 Å². The van der Waals surface area contributed by atoms with E-state index < -0.39 is 12.1 Å². The van der Waals surface area contributed by atoms with Crippen molar-refractivity contribution >= 4 is 12.0 Å². The number of urea groups is 1. The predicted molar refractivity (Wildman–Crippen MR) is 68.8 cm³/mol. The molecule has 3 atom stereocenters. The molecule has 19 heavy (non-hydrogen) atoms. The molecule has 0 saturated carbocycles. The molecule has 0 bridgehead atoms. The van der Waals surface area contributed by atoms with Crippen LogP contribution in [0.25, 0.3) is 0 Å². The molecule has 1 aliphatic heterocycles. The van der Waals surface area contributed by atoms with E-state index in [1.54, 1.807) is 0 Å². The van der Waals surface area contributed by atoms with Crippen molar-refractivity contribution in [2.75, 3.05) is 6.54 Å². The molecule has 0 aromatic carbocycles. The molecule has 6 heteroatoms. The predicted octanol–water partition coefficient (Wildman–Crippen LogP) is 1.03. The molecular weight excluding hydrogens is 248 g/mol. The van der Waals surface area contributed by atoms with Crippen LogP contribution in [0.3, 0.4) is 0 Å². The lowest BCUT2D eigenvalue weighted by Gasteiger charge is -2.20. The van der Waals surface area contributed by atoms with E-state index in [0.717, 1.165) is 19.3 Å². The smallest absolute Gasteiger partial charge is 0.332 e. The summed E-state index contributed by atoms with van der Waals surface area (Å²) in [6.07, 6.45) is 7.29. The van der Waals surface area contributed by atoms with Crippen molar-refractivity contribution < 1.29 is 19.4 Å². The Morgan fingerprint density at radius 1 is 1.26 bits per heavy atom. The second kappa shape index (κ2) is 6.56. The summed E-state index contributed by atoms with van der Waals surface area (Å²) in [7, 11) is 0. The highest BCUT2D eigenvalue weighted by Gasteiger charge is 2.30. The normalized spacial score (nSPS) is 30.0. The van der Waals surface area contributed by atoms with Gasteiger partial charge in [0, 0.05) is 12.6 Å². The van der Waals surface area contributed by atoms with E-state index in [1.165, 1.54) is 0 Å². The SMILES string of the molecule is O=C(NCC1CCC(C(=O)O)O1)NC1CC=CCC1. The molecule has 3 N–H and O–H groups in total. The zero-order valence-electron chi connectivity index (χ0n) is 10.8. The van der Waals surface area contributed by atoms with E-state index in [-0.39, 0.29) is 18.2 Å². The van der Waals surface area contributed by atoms with Crippen molar-refractivity contribution in [1.82, 2.24) is 10.6 Å². The van der Waals surface area contributed by atoms with E-state index in [4.69, 9.17) is 9.84 Å². The van der Waals surface area contributed by atoms with Gasteiger partial charge in [0.25, 0.3) is 0 Å². The summed E-state index contributed by atoms with van der Waals surface area (Å²) in [6, 6.07) is -0.0102. The number of rotatable bonds is 4. The Kier molecular flexibility index (Phi) is 4.79. The Bertz CT molecular complexity index is 370. The third-order valence-electron chi connectivity index (χ3n) is 3.48. The Morgan fingerprint density at radius 3 is 2.74 bits per heavy atom. The van der Waals surface area contributed by atoms with Crippen LogP contribution in [-0.4, -0.2) is 41.9 Å². The Morgan fingerprint density at radius 2 is 2.11 bits per heavy atom. The monoisotopic (exact) mass is 268 g/mol. The molecular formula is C13H20N2O4. The molecule has 0 aromatic rings. The van der Waals surface area contributed by atoms with Crippen molar-refractivity contribution in [3.8, 4) is 0 Å². The first-order valence-corrected chi connectivity index (χ1v) is 6.73. The number of carbonyl (C=O) groups excluding carboxylic acids is 1. The molecule has 1 saturated heterocycles. The number of carbonyl (C=O) groups is 2. The van der Waals surface area contributed by atoms with Gasteiger partial charge in [0.05, 0.1) is 6.10 Å². The van der Waals surface area contributed by atoms with Crippen molar-refractivity contribution in [3.05, 3.63) is 12.2 Å². The lowest BCUT2D eigenvalue weighted by atomic mass is 10.0. The fraction of sp³-hybridized carbons (Fsp3) is 0.692. The number of carboxylic acid groups (broad SMARTS) is 1. The van der Waals surface area contributed by atoms with Crippen LogP contribution < -0.4 is 10.6 Å². The Balaban J connectivity index is 1.64. The lowest BCUT2D eigenvalue weighted by Crippen LogP contribution is -2.44. The molecule has 2 rings (SSSR count). The van der Waals surface area contributed by atoms with Crippen LogP contribution in [0.1, 0.15) is 32.1 Å². The van der Waals surface area contributed by atoms with E-state index in [1.807, 2.05) is 0 Å². The van der Waals surface area contributed by atoms with Crippen molar-refractivity contribution in [3.63, 3.8) is 0 Å². The van der Waals surface area contributed by atoms with Crippen LogP contribution in [0.15, 0.2) is 12.2 Å². The maximum atomic E-state index is 11.7. The largest absolute Gasteiger partial charge is 0.479 e. The zero-order valence-corrected chi connectivity index (χ0v) is 10.8. The number of hydrogen-bond acceptors (Lipinski definition) is 3. The number of carboxylic acids is 1. The minimum Gasteiger partial charge on any atom is -0.479 e. The second-order valence-electron chi connectivity index (χ2n) is 5.00. The minimum atomic E-state index is -0.930. The van der Waals surface area contributed by atoms with Gasteiger partial charge in [0.1, 0.15) is 0 Å². The molecule has 0 spiro atoms. The first-order valence-electron chi connectivity index (χ1n) is 6.73. The lowest BCUT2D eigenvalue weighted by molar-refractivity contribution is -0.149. The fourth-order valence-electron chi connectivity index (χ4n) is 2.41. The van der Waals surface area contributed by atoms with Crippen LogP contribution >= 0.6 is 0 Å². The summed E-state index contributed by atoms with van der Waals surface area (Å²) >= 11 is 0. The number of aliphatic carboxylic acids is 1. The van der Waals surface area contributed by atoms with E-state index in [2.05, 4.69) is 22.8 Å². The highest BCUT2D eigenvalue weighted by Crippen LogP contribution is 2.19. The fourth-order valence-corrected chi connectivity index (χ4v) is 2.41. The average molecular weight is 268 g/mol. The topological polar surface area (TPSA) is 87.7 Å². The summed E-state index contributed by atoms with van der Waals surface area (Å²) in [6.45, 7) is 0.359. The van der Waals surface area contributed by atoms with Gasteiger partial charge in [-0.05, 0) is 32.1 Å². The second-order valence-corrected chi connectivity index (χ2v) is 5.00. The third-order valence-corrected chi connectivity index (χ3v) is 3.48. The summed E-state index contributed by atoms with van der Waals surface area (Å²) in [5, 5.41) is 14.4. The molecule has 1 aliphatic carbocycles. The summed E-state index contributed by atoms with van der Waals surface area (Å²) in [5.74, 6) is -0.930. The maximum Gasteiger partial charge on any atom is 0.332 e. The molecule has 0 aromatic heterocycles. The number of ether oxygens (including phenoxy) is 1. The number of allylic oxidation sites excluding steroid dienone is 1. The van der Waals surface area contributed by atoms with Gasteiger partial charge in [0.2, 0.25) is 0 Å². The van der Waals surface area contributed by atoms with E-state index >= 15 is 0 Å². The number of amides is 2. The van der Waals surface area contributed by atoms with Gasteiger partial charge in [-0.3, -0.25) is 0 Å². The molecule has 3 unspecified atom stereocenters.